The van der Waals surface area contributed by atoms with E-state index in [2.05, 4.69) is 4.72 Å². The molecule has 2 aromatic rings. The van der Waals surface area contributed by atoms with Gasteiger partial charge in [-0.2, -0.15) is 30.7 Å². The normalized spacial score (nSPS) is 13.9. The maximum absolute atomic E-state index is 13.7. The zero-order valence-electron chi connectivity index (χ0n) is 19.0. The maximum Gasteiger partial charge on any atom is 0.459 e. The van der Waals surface area contributed by atoms with Crippen molar-refractivity contribution in [2.24, 2.45) is 0 Å². The van der Waals surface area contributed by atoms with E-state index >= 15 is 0 Å². The zero-order chi connectivity index (χ0) is 28.1. The molecule has 0 heterocycles. The molecule has 1 unspecified atom stereocenters. The average molecular weight is 561 g/mol. The van der Waals surface area contributed by atoms with E-state index in [0.717, 1.165) is 24.3 Å². The minimum absolute atomic E-state index is 0.0986. The van der Waals surface area contributed by atoms with Crippen molar-refractivity contribution in [1.29, 1.82) is 0 Å². The third-order valence-corrected chi connectivity index (χ3v) is 6.95. The minimum atomic E-state index is -6.48. The Morgan fingerprint density at radius 3 is 1.97 bits per heavy atom. The topological polar surface area (TPSA) is 83.5 Å². The van der Waals surface area contributed by atoms with Gasteiger partial charge < -0.3 is 5.11 Å². The molecule has 0 saturated heterocycles. The summed E-state index contributed by atoms with van der Waals surface area (Å²) < 4.78 is 132. The number of alkyl halides is 7. The number of carboxylic acids is 1. The smallest absolute Gasteiger partial charge is 0.459 e. The van der Waals surface area contributed by atoms with Gasteiger partial charge in [0.1, 0.15) is 5.82 Å². The SMILES string of the molecule is O=C(O)CCCc1ccc(C(CCCC(F)(F)C(F)(F)C(F)(F)F)NS(=O)(=O)c2ccc(F)cc2)cc1. The lowest BCUT2D eigenvalue weighted by molar-refractivity contribution is -0.355. The summed E-state index contributed by atoms with van der Waals surface area (Å²) in [5.74, 6) is -13.4. The summed E-state index contributed by atoms with van der Waals surface area (Å²) in [6.45, 7) is 0. The summed E-state index contributed by atoms with van der Waals surface area (Å²) >= 11 is 0. The Morgan fingerprint density at radius 2 is 1.46 bits per heavy atom. The lowest BCUT2D eigenvalue weighted by Gasteiger charge is -2.28. The Balaban J connectivity index is 2.24. The number of nitrogens with one attached hydrogen (secondary N) is 1. The molecule has 0 aliphatic carbocycles. The molecule has 0 aliphatic heterocycles. The summed E-state index contributed by atoms with van der Waals surface area (Å²) in [6, 6.07) is 8.10. The molecular formula is C23H23F8NO4S. The fourth-order valence-corrected chi connectivity index (χ4v) is 4.67. The van der Waals surface area contributed by atoms with Gasteiger partial charge >= 0.3 is 24.0 Å². The van der Waals surface area contributed by atoms with Gasteiger partial charge in [-0.3, -0.25) is 4.79 Å². The van der Waals surface area contributed by atoms with Crippen LogP contribution in [0.4, 0.5) is 35.1 Å². The van der Waals surface area contributed by atoms with Gasteiger partial charge in [0.05, 0.1) is 4.90 Å². The number of carboxylic acid groups (broad SMARTS) is 1. The lowest BCUT2D eigenvalue weighted by Crippen LogP contribution is -2.51. The number of hydrogen-bond donors (Lipinski definition) is 2. The predicted octanol–water partition coefficient (Wildman–Crippen LogP) is 6.26. The largest absolute Gasteiger partial charge is 0.481 e. The highest BCUT2D eigenvalue weighted by Gasteiger charge is 2.72. The molecule has 0 aliphatic rings. The number of aliphatic carboxylic acids is 1. The van der Waals surface area contributed by atoms with Crippen LogP contribution < -0.4 is 4.72 Å². The molecule has 37 heavy (non-hydrogen) atoms. The molecule has 0 spiro atoms. The molecule has 2 N–H and O–H groups in total. The van der Waals surface area contributed by atoms with E-state index in [-0.39, 0.29) is 12.0 Å². The van der Waals surface area contributed by atoms with E-state index in [0.29, 0.717) is 18.4 Å². The molecule has 5 nitrogen and oxygen atoms in total. The number of sulfonamides is 1. The molecule has 0 bridgehead atoms. The molecule has 2 aromatic carbocycles. The van der Waals surface area contributed by atoms with Crippen LogP contribution in [0, 0.1) is 5.82 Å². The molecule has 0 saturated carbocycles. The summed E-state index contributed by atoms with van der Waals surface area (Å²) in [5.41, 5.74) is 0.861. The maximum atomic E-state index is 13.7. The van der Waals surface area contributed by atoms with Gasteiger partial charge in [-0.1, -0.05) is 24.3 Å². The standard InChI is InChI=1S/C23H23F8NO4S/c24-17-10-12-18(13-11-17)37(35,36)32-19(4-2-14-21(25,26)22(27,28)23(29,30)31)16-8-6-15(7-9-16)3-1-5-20(33)34/h6-13,19,32H,1-5,14H2,(H,33,34). The molecule has 206 valence electrons. The van der Waals surface area contributed by atoms with Crippen LogP contribution in [0.2, 0.25) is 0 Å². The Morgan fingerprint density at radius 1 is 0.892 bits per heavy atom. The van der Waals surface area contributed by atoms with E-state index < -0.39 is 70.0 Å². The number of carbonyl (C=O) groups is 1. The van der Waals surface area contributed by atoms with Crippen LogP contribution in [0.15, 0.2) is 53.4 Å². The molecule has 0 radical (unpaired) electrons. The highest BCUT2D eigenvalue weighted by molar-refractivity contribution is 7.89. The Bertz CT molecular complexity index is 1150. The Hall–Kier alpha value is -2.74. The third-order valence-electron chi connectivity index (χ3n) is 5.46. The van der Waals surface area contributed by atoms with Crippen LogP contribution >= 0.6 is 0 Å². The first kappa shape index (κ1) is 30.5. The van der Waals surface area contributed by atoms with Crippen molar-refractivity contribution in [2.45, 2.75) is 67.5 Å². The van der Waals surface area contributed by atoms with Crippen molar-refractivity contribution >= 4 is 16.0 Å². The first-order valence-electron chi connectivity index (χ1n) is 10.9. The second-order valence-electron chi connectivity index (χ2n) is 8.29. The predicted molar refractivity (Wildman–Crippen MR) is 116 cm³/mol. The van der Waals surface area contributed by atoms with Gasteiger partial charge in [0, 0.05) is 18.9 Å². The average Bonchev–Trinajstić information content (AvgIpc) is 2.78. The number of halogens is 8. The van der Waals surface area contributed by atoms with Gasteiger partial charge in [-0.15, -0.1) is 0 Å². The van der Waals surface area contributed by atoms with Gasteiger partial charge in [-0.25, -0.2) is 17.5 Å². The Labute approximate surface area is 207 Å². The molecule has 14 heteroatoms. The number of rotatable bonds is 13. The van der Waals surface area contributed by atoms with Crippen molar-refractivity contribution in [3.63, 3.8) is 0 Å². The van der Waals surface area contributed by atoms with E-state index in [1.165, 1.54) is 24.3 Å². The van der Waals surface area contributed by atoms with Gasteiger partial charge in [-0.05, 0) is 61.1 Å². The van der Waals surface area contributed by atoms with Gasteiger partial charge in [0.25, 0.3) is 0 Å². The second kappa shape index (κ2) is 11.8. The number of benzene rings is 2. The van der Waals surface area contributed by atoms with Crippen LogP contribution in [-0.4, -0.2) is 37.5 Å². The second-order valence-corrected chi connectivity index (χ2v) is 10.00. The zero-order valence-corrected chi connectivity index (χ0v) is 19.9. The summed E-state index contributed by atoms with van der Waals surface area (Å²) in [5, 5.41) is 8.71. The Kier molecular flexibility index (Phi) is 9.69. The van der Waals surface area contributed by atoms with Crippen molar-refractivity contribution in [3.05, 3.63) is 65.5 Å². The van der Waals surface area contributed by atoms with E-state index in [4.69, 9.17) is 5.11 Å². The summed E-state index contributed by atoms with van der Waals surface area (Å²) in [7, 11) is -4.37. The third kappa shape index (κ3) is 8.12. The van der Waals surface area contributed by atoms with E-state index in [1.807, 2.05) is 0 Å². The van der Waals surface area contributed by atoms with E-state index in [9.17, 15) is 48.3 Å². The first-order chi connectivity index (χ1) is 17.0. The van der Waals surface area contributed by atoms with Crippen molar-refractivity contribution < 1.29 is 53.4 Å². The first-order valence-corrected chi connectivity index (χ1v) is 12.4. The van der Waals surface area contributed by atoms with Gasteiger partial charge in [0.15, 0.2) is 0 Å². The van der Waals surface area contributed by atoms with Gasteiger partial charge in [0.2, 0.25) is 10.0 Å². The van der Waals surface area contributed by atoms with Crippen LogP contribution in [0.5, 0.6) is 0 Å². The van der Waals surface area contributed by atoms with Crippen molar-refractivity contribution in [2.75, 3.05) is 0 Å². The summed E-state index contributed by atoms with van der Waals surface area (Å²) in [6.07, 6.45) is -9.26. The lowest BCUT2D eigenvalue weighted by atomic mass is 9.97. The molecule has 0 fully saturated rings. The summed E-state index contributed by atoms with van der Waals surface area (Å²) in [4.78, 5) is 10.2. The quantitative estimate of drug-likeness (QED) is 0.283. The van der Waals surface area contributed by atoms with Crippen LogP contribution in [0.3, 0.4) is 0 Å². The highest BCUT2D eigenvalue weighted by atomic mass is 32.2. The number of aryl methyl sites for hydroxylation is 1. The van der Waals surface area contributed by atoms with Crippen LogP contribution in [-0.2, 0) is 21.2 Å². The van der Waals surface area contributed by atoms with Crippen molar-refractivity contribution in [3.8, 4) is 0 Å². The number of hydrogen-bond acceptors (Lipinski definition) is 3. The van der Waals surface area contributed by atoms with Crippen molar-refractivity contribution in [1.82, 2.24) is 4.72 Å². The van der Waals surface area contributed by atoms with Crippen LogP contribution in [0.25, 0.3) is 0 Å². The minimum Gasteiger partial charge on any atom is -0.481 e. The van der Waals surface area contributed by atoms with E-state index in [1.54, 1.807) is 0 Å². The molecule has 0 amide bonds. The monoisotopic (exact) mass is 561 g/mol. The fraction of sp³-hybridized carbons (Fsp3) is 0.435. The molecular weight excluding hydrogens is 538 g/mol. The fourth-order valence-electron chi connectivity index (χ4n) is 3.42. The van der Waals surface area contributed by atoms with Crippen LogP contribution in [0.1, 0.15) is 49.3 Å². The molecule has 2 rings (SSSR count). The molecule has 1 atom stereocenters. The molecule has 0 aromatic heterocycles. The highest BCUT2D eigenvalue weighted by Crippen LogP contribution is 2.48.